The number of aromatic nitrogens is 3. The maximum absolute atomic E-state index is 4.23. The van der Waals surface area contributed by atoms with Gasteiger partial charge in [0.05, 0.1) is 11.9 Å². The number of rotatable bonds is 5. The summed E-state index contributed by atoms with van der Waals surface area (Å²) >= 11 is 0. The highest BCUT2D eigenvalue weighted by Gasteiger charge is 2.01. The number of hydrogen-bond acceptors (Lipinski definition) is 3. The summed E-state index contributed by atoms with van der Waals surface area (Å²) in [6, 6.07) is 1.91. The van der Waals surface area contributed by atoms with Gasteiger partial charge in [0, 0.05) is 18.9 Å². The second-order valence-corrected chi connectivity index (χ2v) is 3.57. The number of hydrogen-bond donors (Lipinski definition) is 1. The lowest BCUT2D eigenvalue weighted by atomic mass is 10.3. The Morgan fingerprint density at radius 3 is 3.25 bits per heavy atom. The summed E-state index contributed by atoms with van der Waals surface area (Å²) in [7, 11) is 0. The first kappa shape index (κ1) is 10.8. The van der Waals surface area contributed by atoms with E-state index in [4.69, 9.17) is 0 Å². The summed E-state index contributed by atoms with van der Waals surface area (Å²) in [5.74, 6) is 0.757. The monoisotopic (exact) mass is 216 g/mol. The maximum Gasteiger partial charge on any atom is 0.233 e. The van der Waals surface area contributed by atoms with Crippen LogP contribution in [0.5, 0.6) is 0 Å². The molecule has 0 fully saturated rings. The van der Waals surface area contributed by atoms with E-state index in [9.17, 15) is 0 Å². The van der Waals surface area contributed by atoms with Crippen LogP contribution in [0.2, 0.25) is 0 Å². The minimum atomic E-state index is 0.757. The molecule has 1 N–H and O–H groups in total. The zero-order valence-electron chi connectivity index (χ0n) is 9.43. The summed E-state index contributed by atoms with van der Waals surface area (Å²) in [4.78, 5) is 8.40. The molecule has 84 valence electrons. The lowest BCUT2D eigenvalue weighted by molar-refractivity contribution is 0.677. The fourth-order valence-corrected chi connectivity index (χ4v) is 1.58. The van der Waals surface area contributed by atoms with Crippen molar-refractivity contribution in [3.63, 3.8) is 0 Å². The van der Waals surface area contributed by atoms with Gasteiger partial charge >= 0.3 is 0 Å². The normalized spacial score (nSPS) is 11.6. The Kier molecular flexibility index (Phi) is 3.66. The molecule has 0 atom stereocenters. The molecule has 2 heterocycles. The predicted molar refractivity (Wildman–Crippen MR) is 64.1 cm³/mol. The minimum absolute atomic E-state index is 0.757. The first-order chi connectivity index (χ1) is 7.92. The number of imidazole rings is 1. The first-order valence-electron chi connectivity index (χ1n) is 5.50. The van der Waals surface area contributed by atoms with Gasteiger partial charge in [-0.1, -0.05) is 12.2 Å². The van der Waals surface area contributed by atoms with E-state index in [1.165, 1.54) is 0 Å². The molecule has 0 spiro atoms. The number of nitrogens with zero attached hydrogens (tertiary/aromatic N) is 3. The topological polar surface area (TPSA) is 42.2 Å². The molecule has 4 heteroatoms. The van der Waals surface area contributed by atoms with Crippen LogP contribution in [-0.4, -0.2) is 20.9 Å². The molecule has 0 amide bonds. The van der Waals surface area contributed by atoms with Gasteiger partial charge in [0.25, 0.3) is 0 Å². The summed E-state index contributed by atoms with van der Waals surface area (Å²) in [6.07, 6.45) is 10.9. The van der Waals surface area contributed by atoms with Crippen molar-refractivity contribution >= 4 is 5.78 Å². The van der Waals surface area contributed by atoms with Gasteiger partial charge in [-0.25, -0.2) is 9.97 Å². The van der Waals surface area contributed by atoms with Crippen LogP contribution in [0.3, 0.4) is 0 Å². The molecule has 0 radical (unpaired) electrons. The van der Waals surface area contributed by atoms with Crippen LogP contribution >= 0.6 is 0 Å². The van der Waals surface area contributed by atoms with Crippen molar-refractivity contribution in [1.29, 1.82) is 0 Å². The van der Waals surface area contributed by atoms with E-state index in [2.05, 4.69) is 27.4 Å². The molecule has 16 heavy (non-hydrogen) atoms. The van der Waals surface area contributed by atoms with E-state index in [0.29, 0.717) is 0 Å². The fourth-order valence-electron chi connectivity index (χ4n) is 1.58. The molecule has 2 aromatic heterocycles. The molecule has 0 aliphatic carbocycles. The van der Waals surface area contributed by atoms with Crippen molar-refractivity contribution in [1.82, 2.24) is 19.7 Å². The van der Waals surface area contributed by atoms with E-state index in [1.807, 2.05) is 29.8 Å². The summed E-state index contributed by atoms with van der Waals surface area (Å²) in [5, 5.41) is 3.37. The average Bonchev–Trinajstić information content (AvgIpc) is 2.73. The SMILES string of the molecule is C/C=C/CCNCc1cnc2ncccn12. The lowest BCUT2D eigenvalue weighted by Gasteiger charge is -2.02. The highest BCUT2D eigenvalue weighted by molar-refractivity contribution is 5.30. The van der Waals surface area contributed by atoms with Crippen LogP contribution < -0.4 is 5.32 Å². The highest BCUT2D eigenvalue weighted by Crippen LogP contribution is 2.02. The van der Waals surface area contributed by atoms with Crippen molar-refractivity contribution < 1.29 is 0 Å². The molecule has 2 aromatic rings. The van der Waals surface area contributed by atoms with E-state index in [0.717, 1.165) is 31.0 Å². The van der Waals surface area contributed by atoms with Crippen molar-refractivity contribution in [2.75, 3.05) is 6.54 Å². The second kappa shape index (κ2) is 5.42. The van der Waals surface area contributed by atoms with Crippen LogP contribution in [0, 0.1) is 0 Å². The predicted octanol–water partition coefficient (Wildman–Crippen LogP) is 1.79. The maximum atomic E-state index is 4.23. The molecule has 4 nitrogen and oxygen atoms in total. The lowest BCUT2D eigenvalue weighted by Crippen LogP contribution is -2.15. The van der Waals surface area contributed by atoms with Crippen LogP contribution in [0.15, 0.2) is 36.8 Å². The Hall–Kier alpha value is -1.68. The molecule has 0 saturated heterocycles. The first-order valence-corrected chi connectivity index (χ1v) is 5.50. The Balaban J connectivity index is 1.94. The highest BCUT2D eigenvalue weighted by atomic mass is 15.1. The zero-order chi connectivity index (χ0) is 11.2. The Morgan fingerprint density at radius 2 is 2.38 bits per heavy atom. The number of nitrogens with one attached hydrogen (secondary N) is 1. The van der Waals surface area contributed by atoms with Gasteiger partial charge in [0.1, 0.15) is 0 Å². The van der Waals surface area contributed by atoms with Crippen molar-refractivity contribution in [3.8, 4) is 0 Å². The van der Waals surface area contributed by atoms with Crippen LogP contribution in [0.1, 0.15) is 19.0 Å². The van der Waals surface area contributed by atoms with Gasteiger partial charge in [-0.3, -0.25) is 4.40 Å². The molecule has 0 aliphatic rings. The quantitative estimate of drug-likeness (QED) is 0.612. The third-order valence-electron chi connectivity index (χ3n) is 2.39. The van der Waals surface area contributed by atoms with Gasteiger partial charge in [0.15, 0.2) is 0 Å². The van der Waals surface area contributed by atoms with Gasteiger partial charge in [0.2, 0.25) is 5.78 Å². The van der Waals surface area contributed by atoms with Crippen molar-refractivity contribution in [2.24, 2.45) is 0 Å². The van der Waals surface area contributed by atoms with Crippen molar-refractivity contribution in [2.45, 2.75) is 19.9 Å². The number of allylic oxidation sites excluding steroid dienone is 1. The second-order valence-electron chi connectivity index (χ2n) is 3.57. The Morgan fingerprint density at radius 1 is 1.44 bits per heavy atom. The molecule has 0 unspecified atom stereocenters. The van der Waals surface area contributed by atoms with E-state index >= 15 is 0 Å². The zero-order valence-corrected chi connectivity index (χ0v) is 9.43. The largest absolute Gasteiger partial charge is 0.311 e. The average molecular weight is 216 g/mol. The fraction of sp³-hybridized carbons (Fsp3) is 0.333. The summed E-state index contributed by atoms with van der Waals surface area (Å²) in [6.45, 7) is 3.85. The molecule has 0 saturated carbocycles. The molecular weight excluding hydrogens is 200 g/mol. The van der Waals surface area contributed by atoms with E-state index in [1.54, 1.807) is 6.20 Å². The third kappa shape index (κ3) is 2.46. The van der Waals surface area contributed by atoms with Crippen LogP contribution in [-0.2, 0) is 6.54 Å². The van der Waals surface area contributed by atoms with E-state index in [-0.39, 0.29) is 0 Å². The molecule has 0 aliphatic heterocycles. The summed E-state index contributed by atoms with van der Waals surface area (Å²) in [5.41, 5.74) is 1.14. The molecule has 2 rings (SSSR count). The molecule has 0 bridgehead atoms. The Labute approximate surface area is 95.0 Å². The molecular formula is C12H16N4. The third-order valence-corrected chi connectivity index (χ3v) is 2.39. The van der Waals surface area contributed by atoms with E-state index < -0.39 is 0 Å². The van der Waals surface area contributed by atoms with Crippen LogP contribution in [0.4, 0.5) is 0 Å². The molecule has 0 aromatic carbocycles. The minimum Gasteiger partial charge on any atom is -0.311 e. The van der Waals surface area contributed by atoms with Crippen LogP contribution in [0.25, 0.3) is 5.78 Å². The Bertz CT molecular complexity index is 473. The number of fused-ring (bicyclic) bond motifs is 1. The van der Waals surface area contributed by atoms with Gasteiger partial charge in [-0.05, 0) is 26.0 Å². The standard InChI is InChI=1S/C12H16N4/c1-2-3-4-6-13-9-11-10-15-12-14-7-5-8-16(11)12/h2-3,5,7-8,10,13H,4,6,9H2,1H3/b3-2+. The smallest absolute Gasteiger partial charge is 0.233 e. The van der Waals surface area contributed by atoms with Crippen molar-refractivity contribution in [3.05, 3.63) is 42.5 Å². The summed E-state index contributed by atoms with van der Waals surface area (Å²) < 4.78 is 2.00. The van der Waals surface area contributed by atoms with Gasteiger partial charge in [-0.2, -0.15) is 0 Å². The van der Waals surface area contributed by atoms with Gasteiger partial charge in [-0.15, -0.1) is 0 Å². The van der Waals surface area contributed by atoms with Gasteiger partial charge < -0.3 is 5.32 Å².